The maximum Gasteiger partial charge on any atom is 0.287 e. The van der Waals surface area contributed by atoms with Crippen LogP contribution in [0.4, 0.5) is 0 Å². The summed E-state index contributed by atoms with van der Waals surface area (Å²) in [5, 5.41) is 0. The summed E-state index contributed by atoms with van der Waals surface area (Å²) in [6.07, 6.45) is 4.38. The number of nitrogens with zero attached hydrogens (tertiary/aromatic N) is 4. The lowest BCUT2D eigenvalue weighted by molar-refractivity contribution is 0.203. The van der Waals surface area contributed by atoms with Gasteiger partial charge in [0, 0.05) is 26.2 Å². The van der Waals surface area contributed by atoms with E-state index in [1.807, 2.05) is 0 Å². The summed E-state index contributed by atoms with van der Waals surface area (Å²) >= 11 is 0. The van der Waals surface area contributed by atoms with Crippen molar-refractivity contribution in [3.8, 4) is 0 Å². The molecule has 0 bridgehead atoms. The molecule has 1 saturated heterocycles. The predicted molar refractivity (Wildman–Crippen MR) is 106 cm³/mol. The minimum atomic E-state index is 0.339. The highest BCUT2D eigenvalue weighted by molar-refractivity contribution is 5.76. The molecule has 3 heterocycles. The van der Waals surface area contributed by atoms with Gasteiger partial charge in [0.15, 0.2) is 0 Å². The van der Waals surface area contributed by atoms with E-state index >= 15 is 0 Å². The quantitative estimate of drug-likeness (QED) is 0.769. The molecule has 0 aromatic carbocycles. The van der Waals surface area contributed by atoms with E-state index in [4.69, 9.17) is 19.5 Å². The van der Waals surface area contributed by atoms with Gasteiger partial charge in [-0.1, -0.05) is 27.7 Å². The molecule has 0 spiro atoms. The first-order valence-corrected chi connectivity index (χ1v) is 10.4. The molecule has 3 aliphatic rings. The number of amidine groups is 2. The van der Waals surface area contributed by atoms with Crippen molar-refractivity contribution in [3.63, 3.8) is 0 Å². The maximum atomic E-state index is 5.89. The molecule has 6 heteroatoms. The third kappa shape index (κ3) is 5.27. The maximum absolute atomic E-state index is 5.89. The zero-order chi connectivity index (χ0) is 18.5. The largest absolute Gasteiger partial charge is 0.463 e. The smallest absolute Gasteiger partial charge is 0.287 e. The standard InChI is InChI=1S/C20H36N4O2/c1-15(2)11-17-13-25-19(21-17)23-7-5-9-24(10-6-8-23)20-22-18(14-26-20)12-16(3)4/h15-18H,5-14H2,1-4H3/t17-,18-/m0/s1. The summed E-state index contributed by atoms with van der Waals surface area (Å²) in [4.78, 5) is 14.3. The van der Waals surface area contributed by atoms with Crippen LogP contribution in [0, 0.1) is 11.8 Å². The molecule has 0 unspecified atom stereocenters. The van der Waals surface area contributed by atoms with Crippen molar-refractivity contribution in [1.82, 2.24) is 9.80 Å². The van der Waals surface area contributed by atoms with E-state index in [2.05, 4.69) is 37.5 Å². The van der Waals surface area contributed by atoms with E-state index < -0.39 is 0 Å². The third-order valence-corrected chi connectivity index (χ3v) is 5.14. The Hall–Kier alpha value is -1.46. The van der Waals surface area contributed by atoms with Gasteiger partial charge in [-0.05, 0) is 37.5 Å². The molecule has 26 heavy (non-hydrogen) atoms. The average molecular weight is 365 g/mol. The Labute approximate surface area is 158 Å². The van der Waals surface area contributed by atoms with Crippen LogP contribution < -0.4 is 0 Å². The van der Waals surface area contributed by atoms with Gasteiger partial charge in [0.1, 0.15) is 13.2 Å². The monoisotopic (exact) mass is 364 g/mol. The zero-order valence-electron chi connectivity index (χ0n) is 17.0. The second-order valence-corrected chi connectivity index (χ2v) is 8.69. The highest BCUT2D eigenvalue weighted by Crippen LogP contribution is 2.19. The fourth-order valence-corrected chi connectivity index (χ4v) is 3.99. The molecule has 0 saturated carbocycles. The highest BCUT2D eigenvalue weighted by atomic mass is 16.5. The van der Waals surface area contributed by atoms with Crippen LogP contribution in [0.5, 0.6) is 0 Å². The first kappa shape index (κ1) is 19.3. The van der Waals surface area contributed by atoms with Crippen LogP contribution in [0.1, 0.15) is 53.4 Å². The number of hydrogen-bond donors (Lipinski definition) is 0. The lowest BCUT2D eigenvalue weighted by Gasteiger charge is -2.30. The van der Waals surface area contributed by atoms with Crippen molar-refractivity contribution in [2.45, 2.75) is 65.5 Å². The summed E-state index contributed by atoms with van der Waals surface area (Å²) in [6, 6.07) is 2.42. The SMILES string of the molecule is CC(C)C[C@H]1COC(N2CCCN(C3=N[C@@H](CC(C)C)CO3)CCC2)=N1. The Bertz CT molecular complexity index is 464. The van der Waals surface area contributed by atoms with Gasteiger partial charge < -0.3 is 19.3 Å². The zero-order valence-corrected chi connectivity index (χ0v) is 17.0. The second kappa shape index (κ2) is 8.96. The minimum absolute atomic E-state index is 0.339. The average Bonchev–Trinajstić information content (AvgIpc) is 3.16. The van der Waals surface area contributed by atoms with Crippen LogP contribution in [0.3, 0.4) is 0 Å². The fraction of sp³-hybridized carbons (Fsp3) is 0.900. The van der Waals surface area contributed by atoms with Crippen LogP contribution >= 0.6 is 0 Å². The van der Waals surface area contributed by atoms with E-state index in [0.717, 1.165) is 77.1 Å². The lowest BCUT2D eigenvalue weighted by atomic mass is 10.1. The number of rotatable bonds is 4. The van der Waals surface area contributed by atoms with Crippen molar-refractivity contribution < 1.29 is 9.47 Å². The van der Waals surface area contributed by atoms with Crippen LogP contribution in [0.25, 0.3) is 0 Å². The van der Waals surface area contributed by atoms with E-state index in [-0.39, 0.29) is 0 Å². The van der Waals surface area contributed by atoms with Gasteiger partial charge in [-0.15, -0.1) is 0 Å². The van der Waals surface area contributed by atoms with Crippen LogP contribution in [-0.2, 0) is 9.47 Å². The van der Waals surface area contributed by atoms with Crippen molar-refractivity contribution in [1.29, 1.82) is 0 Å². The lowest BCUT2D eigenvalue weighted by Crippen LogP contribution is -2.42. The molecule has 0 amide bonds. The number of hydrogen-bond acceptors (Lipinski definition) is 6. The molecular formula is C20H36N4O2. The molecule has 0 N–H and O–H groups in total. The van der Waals surface area contributed by atoms with Crippen LogP contribution in [0.2, 0.25) is 0 Å². The van der Waals surface area contributed by atoms with E-state index in [1.165, 1.54) is 0 Å². The van der Waals surface area contributed by atoms with Crippen molar-refractivity contribution >= 4 is 12.0 Å². The van der Waals surface area contributed by atoms with Crippen molar-refractivity contribution in [2.75, 3.05) is 39.4 Å². The first-order chi connectivity index (χ1) is 12.5. The summed E-state index contributed by atoms with van der Waals surface area (Å²) < 4.78 is 11.8. The van der Waals surface area contributed by atoms with Crippen LogP contribution in [-0.4, -0.2) is 73.3 Å². The van der Waals surface area contributed by atoms with E-state index in [0.29, 0.717) is 23.9 Å². The molecular weight excluding hydrogens is 328 g/mol. The minimum Gasteiger partial charge on any atom is -0.463 e. The fourth-order valence-electron chi connectivity index (χ4n) is 3.99. The highest BCUT2D eigenvalue weighted by Gasteiger charge is 2.28. The van der Waals surface area contributed by atoms with Gasteiger partial charge in [0.25, 0.3) is 12.0 Å². The van der Waals surface area contributed by atoms with Crippen molar-refractivity contribution in [2.24, 2.45) is 21.8 Å². The summed E-state index contributed by atoms with van der Waals surface area (Å²) in [5.41, 5.74) is 0. The summed E-state index contributed by atoms with van der Waals surface area (Å²) in [6.45, 7) is 14.5. The van der Waals surface area contributed by atoms with Gasteiger partial charge in [0.05, 0.1) is 12.1 Å². The van der Waals surface area contributed by atoms with Crippen LogP contribution in [0.15, 0.2) is 9.98 Å². The Balaban J connectivity index is 1.49. The molecule has 0 aromatic rings. The van der Waals surface area contributed by atoms with Gasteiger partial charge in [-0.2, -0.15) is 0 Å². The molecule has 6 nitrogen and oxygen atoms in total. The second-order valence-electron chi connectivity index (χ2n) is 8.69. The molecule has 0 radical (unpaired) electrons. The molecule has 3 rings (SSSR count). The first-order valence-electron chi connectivity index (χ1n) is 10.4. The van der Waals surface area contributed by atoms with Gasteiger partial charge in [-0.3, -0.25) is 0 Å². The Morgan fingerprint density at radius 2 is 1.15 bits per heavy atom. The normalized spacial score (nSPS) is 27.2. The Morgan fingerprint density at radius 3 is 1.50 bits per heavy atom. The number of ether oxygens (including phenoxy) is 2. The topological polar surface area (TPSA) is 49.7 Å². The van der Waals surface area contributed by atoms with E-state index in [9.17, 15) is 0 Å². The molecule has 2 atom stereocenters. The summed E-state index contributed by atoms with van der Waals surface area (Å²) in [5.74, 6) is 1.33. The molecule has 0 aromatic heterocycles. The van der Waals surface area contributed by atoms with Gasteiger partial charge in [-0.25, -0.2) is 9.98 Å². The van der Waals surface area contributed by atoms with Gasteiger partial charge in [0.2, 0.25) is 0 Å². The van der Waals surface area contributed by atoms with Crippen molar-refractivity contribution in [3.05, 3.63) is 0 Å². The molecule has 1 fully saturated rings. The molecule has 148 valence electrons. The molecule has 0 aliphatic carbocycles. The summed E-state index contributed by atoms with van der Waals surface area (Å²) in [7, 11) is 0. The van der Waals surface area contributed by atoms with E-state index in [1.54, 1.807) is 0 Å². The Morgan fingerprint density at radius 1 is 0.769 bits per heavy atom. The Kier molecular flexibility index (Phi) is 6.65. The third-order valence-electron chi connectivity index (χ3n) is 5.14. The molecule has 3 aliphatic heterocycles. The predicted octanol–water partition coefficient (Wildman–Crippen LogP) is 2.99. The van der Waals surface area contributed by atoms with Gasteiger partial charge >= 0.3 is 0 Å². The number of aliphatic imine (C=N–C) groups is 2.